The van der Waals surface area contributed by atoms with Crippen LogP contribution in [-0.4, -0.2) is 21.8 Å². The van der Waals surface area contributed by atoms with Gasteiger partial charge in [0, 0.05) is 29.3 Å². The molecule has 1 aliphatic rings. The van der Waals surface area contributed by atoms with E-state index in [1.54, 1.807) is 6.07 Å². The molecular formula is C15H20N2O3. The lowest BCUT2D eigenvalue weighted by Gasteiger charge is -2.23. The molecule has 1 N–H and O–H groups in total. The van der Waals surface area contributed by atoms with Crippen LogP contribution in [0.25, 0.3) is 0 Å². The van der Waals surface area contributed by atoms with Gasteiger partial charge < -0.3 is 9.88 Å². The highest BCUT2D eigenvalue weighted by molar-refractivity contribution is 5.98. The Labute approximate surface area is 118 Å². The Bertz CT molecular complexity index is 609. The van der Waals surface area contributed by atoms with Gasteiger partial charge in [-0.25, -0.2) is 0 Å². The number of carbonyl (C=O) groups is 2. The Balaban J connectivity index is 2.33. The van der Waals surface area contributed by atoms with Crippen molar-refractivity contribution in [3.8, 4) is 0 Å². The molecule has 0 saturated heterocycles. The van der Waals surface area contributed by atoms with Gasteiger partial charge in [0.05, 0.1) is 0 Å². The number of fused-ring (bicyclic) bond motifs is 1. The molecule has 0 unspecified atom stereocenters. The molecule has 0 bridgehead atoms. The van der Waals surface area contributed by atoms with Gasteiger partial charge in [0.2, 0.25) is 5.91 Å². The fraction of sp³-hybridized carbons (Fsp3) is 0.533. The second kappa shape index (κ2) is 5.23. The van der Waals surface area contributed by atoms with E-state index in [1.165, 1.54) is 10.6 Å². The summed E-state index contributed by atoms with van der Waals surface area (Å²) in [5.74, 6) is -0.165. The SMILES string of the molecule is CC(C)(C)NC(=O)Cn1c2c(ccc1=O)C(=O)CCC2. The molecule has 0 radical (unpaired) electrons. The van der Waals surface area contributed by atoms with E-state index in [-0.39, 0.29) is 29.3 Å². The van der Waals surface area contributed by atoms with Gasteiger partial charge >= 0.3 is 0 Å². The summed E-state index contributed by atoms with van der Waals surface area (Å²) in [6.07, 6.45) is 1.91. The van der Waals surface area contributed by atoms with Crippen molar-refractivity contribution in [2.75, 3.05) is 0 Å². The predicted molar refractivity (Wildman–Crippen MR) is 75.9 cm³/mol. The fourth-order valence-corrected chi connectivity index (χ4v) is 2.47. The normalized spacial score (nSPS) is 14.8. The van der Waals surface area contributed by atoms with E-state index < -0.39 is 0 Å². The fourth-order valence-electron chi connectivity index (χ4n) is 2.47. The standard InChI is InChI=1S/C15H20N2O3/c1-15(2,3)16-13(19)9-17-11-5-4-6-12(18)10(11)7-8-14(17)20/h7-8H,4-6,9H2,1-3H3,(H,16,19). The molecule has 2 rings (SSSR count). The molecule has 1 aliphatic carbocycles. The third-order valence-electron chi connectivity index (χ3n) is 3.23. The molecule has 1 aromatic rings. The van der Waals surface area contributed by atoms with Gasteiger partial charge in [-0.3, -0.25) is 14.4 Å². The van der Waals surface area contributed by atoms with E-state index in [4.69, 9.17) is 0 Å². The van der Waals surface area contributed by atoms with Crippen molar-refractivity contribution >= 4 is 11.7 Å². The first kappa shape index (κ1) is 14.5. The summed E-state index contributed by atoms with van der Waals surface area (Å²) in [4.78, 5) is 35.8. The first-order valence-corrected chi connectivity index (χ1v) is 6.85. The number of amides is 1. The van der Waals surface area contributed by atoms with Gasteiger partial charge in [-0.05, 0) is 39.7 Å². The largest absolute Gasteiger partial charge is 0.350 e. The first-order chi connectivity index (χ1) is 9.28. The lowest BCUT2D eigenvalue weighted by atomic mass is 9.94. The minimum absolute atomic E-state index is 0.0352. The number of aromatic nitrogens is 1. The molecule has 0 spiro atoms. The Morgan fingerprint density at radius 3 is 2.60 bits per heavy atom. The average molecular weight is 276 g/mol. The molecular weight excluding hydrogens is 256 g/mol. The number of ketones is 1. The molecule has 0 aliphatic heterocycles. The van der Waals surface area contributed by atoms with Crippen molar-refractivity contribution in [1.29, 1.82) is 0 Å². The van der Waals surface area contributed by atoms with Crippen LogP contribution < -0.4 is 10.9 Å². The Hall–Kier alpha value is -1.91. The third-order valence-corrected chi connectivity index (χ3v) is 3.23. The Morgan fingerprint density at radius 1 is 1.25 bits per heavy atom. The second-order valence-corrected chi connectivity index (χ2v) is 6.19. The van der Waals surface area contributed by atoms with E-state index in [0.29, 0.717) is 24.1 Å². The van der Waals surface area contributed by atoms with E-state index >= 15 is 0 Å². The van der Waals surface area contributed by atoms with Gasteiger partial charge in [0.25, 0.3) is 5.56 Å². The molecule has 0 fully saturated rings. The second-order valence-electron chi connectivity index (χ2n) is 6.19. The van der Waals surface area contributed by atoms with Crippen molar-refractivity contribution in [3.05, 3.63) is 33.7 Å². The average Bonchev–Trinajstić information content (AvgIpc) is 2.31. The van der Waals surface area contributed by atoms with Gasteiger partial charge in [-0.15, -0.1) is 0 Å². The minimum atomic E-state index is -0.342. The van der Waals surface area contributed by atoms with Crippen LogP contribution in [0.2, 0.25) is 0 Å². The highest BCUT2D eigenvalue weighted by Crippen LogP contribution is 2.19. The molecule has 1 heterocycles. The quantitative estimate of drug-likeness (QED) is 0.884. The van der Waals surface area contributed by atoms with Crippen LogP contribution in [0, 0.1) is 0 Å². The molecule has 1 amide bonds. The maximum Gasteiger partial charge on any atom is 0.251 e. The summed E-state index contributed by atoms with van der Waals surface area (Å²) < 4.78 is 1.42. The van der Waals surface area contributed by atoms with Crippen molar-refractivity contribution < 1.29 is 9.59 Å². The number of hydrogen-bond donors (Lipinski definition) is 1. The summed E-state index contributed by atoms with van der Waals surface area (Å²) >= 11 is 0. The number of rotatable bonds is 2. The number of hydrogen-bond acceptors (Lipinski definition) is 3. The van der Waals surface area contributed by atoms with E-state index in [1.807, 2.05) is 20.8 Å². The number of nitrogens with one attached hydrogen (secondary N) is 1. The summed E-state index contributed by atoms with van der Waals surface area (Å²) in [5, 5.41) is 2.83. The maximum absolute atomic E-state index is 12.0. The molecule has 5 heteroatoms. The van der Waals surface area contributed by atoms with Crippen molar-refractivity contribution in [2.24, 2.45) is 0 Å². The summed E-state index contributed by atoms with van der Waals surface area (Å²) in [6, 6.07) is 2.95. The summed E-state index contributed by atoms with van der Waals surface area (Å²) in [7, 11) is 0. The zero-order valence-electron chi connectivity index (χ0n) is 12.2. The smallest absolute Gasteiger partial charge is 0.251 e. The van der Waals surface area contributed by atoms with E-state index in [9.17, 15) is 14.4 Å². The molecule has 0 atom stereocenters. The van der Waals surface area contributed by atoms with Crippen LogP contribution in [0.15, 0.2) is 16.9 Å². The molecule has 0 aromatic carbocycles. The summed E-state index contributed by atoms with van der Waals surface area (Å²) in [5.41, 5.74) is 0.700. The highest BCUT2D eigenvalue weighted by atomic mass is 16.2. The number of carbonyl (C=O) groups excluding carboxylic acids is 2. The number of pyridine rings is 1. The molecule has 20 heavy (non-hydrogen) atoms. The van der Waals surface area contributed by atoms with E-state index in [2.05, 4.69) is 5.32 Å². The lowest BCUT2D eigenvalue weighted by Crippen LogP contribution is -2.44. The zero-order chi connectivity index (χ0) is 14.9. The van der Waals surface area contributed by atoms with Crippen LogP contribution in [0.1, 0.15) is 49.7 Å². The maximum atomic E-state index is 12.0. The van der Waals surface area contributed by atoms with Crippen LogP contribution in [0.4, 0.5) is 0 Å². The van der Waals surface area contributed by atoms with Crippen LogP contribution in [0.3, 0.4) is 0 Å². The van der Waals surface area contributed by atoms with E-state index in [0.717, 1.165) is 6.42 Å². The van der Waals surface area contributed by atoms with Crippen molar-refractivity contribution in [1.82, 2.24) is 9.88 Å². The number of Topliss-reactive ketones (excluding diaryl/α,β-unsaturated/α-hetero) is 1. The van der Waals surface area contributed by atoms with Crippen molar-refractivity contribution in [2.45, 2.75) is 52.1 Å². The van der Waals surface area contributed by atoms with Crippen molar-refractivity contribution in [3.63, 3.8) is 0 Å². The molecule has 0 saturated carbocycles. The monoisotopic (exact) mass is 276 g/mol. The lowest BCUT2D eigenvalue weighted by molar-refractivity contribution is -0.123. The zero-order valence-corrected chi connectivity index (χ0v) is 12.2. The van der Waals surface area contributed by atoms with Crippen LogP contribution in [-0.2, 0) is 17.8 Å². The molecule has 108 valence electrons. The predicted octanol–water partition coefficient (Wildman–Crippen LogP) is 1.28. The summed E-state index contributed by atoms with van der Waals surface area (Å²) in [6.45, 7) is 5.62. The van der Waals surface area contributed by atoms with Gasteiger partial charge in [0.15, 0.2) is 5.78 Å². The molecule has 5 nitrogen and oxygen atoms in total. The van der Waals surface area contributed by atoms with Gasteiger partial charge in [-0.1, -0.05) is 0 Å². The highest BCUT2D eigenvalue weighted by Gasteiger charge is 2.22. The number of nitrogens with zero attached hydrogens (tertiary/aromatic N) is 1. The first-order valence-electron chi connectivity index (χ1n) is 6.85. The minimum Gasteiger partial charge on any atom is -0.350 e. The Kier molecular flexibility index (Phi) is 3.79. The van der Waals surface area contributed by atoms with Gasteiger partial charge in [0.1, 0.15) is 6.54 Å². The third kappa shape index (κ3) is 3.15. The topological polar surface area (TPSA) is 68.2 Å². The van der Waals surface area contributed by atoms with Crippen LogP contribution >= 0.6 is 0 Å². The Morgan fingerprint density at radius 2 is 1.95 bits per heavy atom. The molecule has 1 aromatic heterocycles. The van der Waals surface area contributed by atoms with Gasteiger partial charge in [-0.2, -0.15) is 0 Å². The van der Waals surface area contributed by atoms with Crippen LogP contribution in [0.5, 0.6) is 0 Å².